The molecule has 0 radical (unpaired) electrons. The van der Waals surface area contributed by atoms with Crippen LogP contribution in [0.3, 0.4) is 0 Å². The Balaban J connectivity index is 1.56. The Kier molecular flexibility index (Phi) is 3.07. The number of hydrogen-bond donors (Lipinski definition) is 2. The van der Waals surface area contributed by atoms with Crippen LogP contribution in [0.1, 0.15) is 23.3 Å². The minimum Gasteiger partial charge on any atom is -0.460 e. The van der Waals surface area contributed by atoms with E-state index in [0.717, 1.165) is 19.5 Å². The third-order valence-corrected chi connectivity index (χ3v) is 4.52. The van der Waals surface area contributed by atoms with Crippen molar-refractivity contribution < 1.29 is 14.0 Å². The molecule has 0 saturated carbocycles. The van der Waals surface area contributed by atoms with E-state index in [1.807, 2.05) is 0 Å². The van der Waals surface area contributed by atoms with Crippen LogP contribution in [0.2, 0.25) is 0 Å². The average Bonchev–Trinajstić information content (AvgIpc) is 3.23. The molecule has 7 heteroatoms. The van der Waals surface area contributed by atoms with Crippen molar-refractivity contribution in [2.75, 3.05) is 18.4 Å². The quantitative estimate of drug-likeness (QED) is 0.828. The van der Waals surface area contributed by atoms with E-state index < -0.39 is 0 Å². The van der Waals surface area contributed by atoms with E-state index in [4.69, 9.17) is 4.42 Å². The molecule has 2 amide bonds. The number of carbonyl (C=O) groups is 2. The summed E-state index contributed by atoms with van der Waals surface area (Å²) in [5, 5.41) is 6.26. The SMILES string of the molecule is O=CNc1coc2cnc(C(=O)NC3CC4CCN3C4)cc12. The number of nitrogens with zero attached hydrogens (tertiary/aromatic N) is 2. The fraction of sp³-hybridized carbons (Fsp3) is 0.400. The van der Waals surface area contributed by atoms with Crippen molar-refractivity contribution in [3.05, 3.63) is 24.2 Å². The maximum atomic E-state index is 12.4. The first kappa shape index (κ1) is 13.3. The number of anilines is 1. The van der Waals surface area contributed by atoms with Gasteiger partial charge in [-0.15, -0.1) is 0 Å². The Morgan fingerprint density at radius 2 is 2.41 bits per heavy atom. The highest BCUT2D eigenvalue weighted by molar-refractivity contribution is 6.00. The molecule has 2 bridgehead atoms. The van der Waals surface area contributed by atoms with E-state index >= 15 is 0 Å². The second-order valence-corrected chi connectivity index (χ2v) is 5.85. The molecule has 2 fully saturated rings. The largest absolute Gasteiger partial charge is 0.460 e. The number of fused-ring (bicyclic) bond motifs is 3. The summed E-state index contributed by atoms with van der Waals surface area (Å²) in [5.41, 5.74) is 1.39. The van der Waals surface area contributed by atoms with Crippen molar-refractivity contribution in [2.24, 2.45) is 5.92 Å². The standard InChI is InChI=1S/C15H16N4O3/c20-8-17-12-7-22-13-5-16-11(4-10(12)13)15(21)18-14-3-9-1-2-19(14)6-9/h4-5,7-9,14H,1-3,6H2,(H,17,20)(H,18,21). The molecule has 114 valence electrons. The predicted molar refractivity (Wildman–Crippen MR) is 79.2 cm³/mol. The Labute approximate surface area is 126 Å². The van der Waals surface area contributed by atoms with Crippen LogP contribution in [0.25, 0.3) is 11.0 Å². The van der Waals surface area contributed by atoms with Crippen LogP contribution in [0, 0.1) is 5.92 Å². The van der Waals surface area contributed by atoms with Crippen molar-refractivity contribution in [2.45, 2.75) is 19.0 Å². The molecule has 2 aromatic heterocycles. The van der Waals surface area contributed by atoms with Gasteiger partial charge in [-0.05, 0) is 24.8 Å². The summed E-state index contributed by atoms with van der Waals surface area (Å²) in [6.07, 6.45) is 5.86. The molecule has 2 aliphatic heterocycles. The third-order valence-electron chi connectivity index (χ3n) is 4.52. The summed E-state index contributed by atoms with van der Waals surface area (Å²) in [6, 6.07) is 1.64. The molecule has 0 aliphatic carbocycles. The highest BCUT2D eigenvalue weighted by atomic mass is 16.3. The van der Waals surface area contributed by atoms with Gasteiger partial charge in [0.1, 0.15) is 12.0 Å². The number of amides is 2. The van der Waals surface area contributed by atoms with E-state index in [9.17, 15) is 9.59 Å². The molecule has 4 heterocycles. The first-order valence-electron chi connectivity index (χ1n) is 7.37. The second kappa shape index (κ2) is 5.10. The zero-order valence-corrected chi connectivity index (χ0v) is 11.9. The van der Waals surface area contributed by atoms with Crippen LogP contribution in [0.5, 0.6) is 0 Å². The maximum absolute atomic E-state index is 12.4. The van der Waals surface area contributed by atoms with Crippen LogP contribution in [0.4, 0.5) is 5.69 Å². The number of rotatable bonds is 4. The van der Waals surface area contributed by atoms with Gasteiger partial charge >= 0.3 is 0 Å². The van der Waals surface area contributed by atoms with Gasteiger partial charge in [0.05, 0.1) is 18.1 Å². The van der Waals surface area contributed by atoms with Crippen molar-refractivity contribution in [3.8, 4) is 0 Å². The van der Waals surface area contributed by atoms with Crippen molar-refractivity contribution in [3.63, 3.8) is 0 Å². The van der Waals surface area contributed by atoms with Crippen molar-refractivity contribution >= 4 is 29.0 Å². The number of piperidine rings is 1. The molecule has 2 saturated heterocycles. The Morgan fingerprint density at radius 3 is 3.14 bits per heavy atom. The molecular formula is C15H16N4O3. The van der Waals surface area contributed by atoms with E-state index in [1.54, 1.807) is 6.07 Å². The van der Waals surface area contributed by atoms with Gasteiger partial charge in [0, 0.05) is 18.5 Å². The van der Waals surface area contributed by atoms with Gasteiger partial charge in [0.25, 0.3) is 5.91 Å². The first-order chi connectivity index (χ1) is 10.7. The number of aromatic nitrogens is 1. The van der Waals surface area contributed by atoms with Gasteiger partial charge < -0.3 is 15.1 Å². The van der Waals surface area contributed by atoms with Crippen LogP contribution >= 0.6 is 0 Å². The number of furan rings is 1. The molecule has 22 heavy (non-hydrogen) atoms. The number of hydrogen-bond acceptors (Lipinski definition) is 5. The molecular weight excluding hydrogens is 284 g/mol. The van der Waals surface area contributed by atoms with Crippen LogP contribution in [-0.2, 0) is 4.79 Å². The second-order valence-electron chi connectivity index (χ2n) is 5.85. The summed E-state index contributed by atoms with van der Waals surface area (Å²) < 4.78 is 5.29. The Bertz CT molecular complexity index is 741. The molecule has 2 aromatic rings. The topological polar surface area (TPSA) is 87.5 Å². The van der Waals surface area contributed by atoms with Gasteiger partial charge in [-0.2, -0.15) is 0 Å². The summed E-state index contributed by atoms with van der Waals surface area (Å²) in [5.74, 6) is 0.510. The lowest BCUT2D eigenvalue weighted by Gasteiger charge is -2.25. The molecule has 7 nitrogen and oxygen atoms in total. The lowest BCUT2D eigenvalue weighted by atomic mass is 10.0. The third kappa shape index (κ3) is 2.14. The van der Waals surface area contributed by atoms with Gasteiger partial charge in [-0.1, -0.05) is 0 Å². The monoisotopic (exact) mass is 300 g/mol. The van der Waals surface area contributed by atoms with Crippen LogP contribution < -0.4 is 10.6 Å². The summed E-state index contributed by atoms with van der Waals surface area (Å²) in [6.45, 7) is 2.13. The maximum Gasteiger partial charge on any atom is 0.271 e. The van der Waals surface area contributed by atoms with Crippen LogP contribution in [0.15, 0.2) is 22.9 Å². The number of pyridine rings is 1. The molecule has 3 unspecified atom stereocenters. The van der Waals surface area contributed by atoms with E-state index in [2.05, 4.69) is 20.5 Å². The van der Waals surface area contributed by atoms with E-state index in [1.165, 1.54) is 18.9 Å². The summed E-state index contributed by atoms with van der Waals surface area (Å²) >= 11 is 0. The predicted octanol–water partition coefficient (Wildman–Crippen LogP) is 1.18. The number of nitrogens with one attached hydrogen (secondary N) is 2. The smallest absolute Gasteiger partial charge is 0.271 e. The number of carbonyl (C=O) groups excluding carboxylic acids is 2. The van der Waals surface area contributed by atoms with Gasteiger partial charge in [-0.3, -0.25) is 14.5 Å². The zero-order valence-electron chi connectivity index (χ0n) is 11.9. The van der Waals surface area contributed by atoms with E-state index in [-0.39, 0.29) is 12.1 Å². The highest BCUT2D eigenvalue weighted by Crippen LogP contribution is 2.31. The molecule has 0 spiro atoms. The van der Waals surface area contributed by atoms with Gasteiger partial charge in [0.2, 0.25) is 6.41 Å². The average molecular weight is 300 g/mol. The molecule has 2 aliphatic rings. The van der Waals surface area contributed by atoms with Gasteiger partial charge in [-0.25, -0.2) is 4.98 Å². The minimum absolute atomic E-state index is 0.112. The fourth-order valence-corrected chi connectivity index (χ4v) is 3.41. The Morgan fingerprint density at radius 1 is 1.50 bits per heavy atom. The van der Waals surface area contributed by atoms with E-state index in [0.29, 0.717) is 34.7 Å². The van der Waals surface area contributed by atoms with Gasteiger partial charge in [0.15, 0.2) is 5.58 Å². The molecule has 0 aromatic carbocycles. The lowest BCUT2D eigenvalue weighted by molar-refractivity contribution is -0.105. The normalized spacial score (nSPS) is 26.3. The molecule has 3 atom stereocenters. The Hall–Kier alpha value is -2.41. The van der Waals surface area contributed by atoms with Crippen molar-refractivity contribution in [1.82, 2.24) is 15.2 Å². The minimum atomic E-state index is -0.197. The first-order valence-corrected chi connectivity index (χ1v) is 7.37. The lowest BCUT2D eigenvalue weighted by Crippen LogP contribution is -2.45. The zero-order chi connectivity index (χ0) is 15.1. The van der Waals surface area contributed by atoms with Crippen molar-refractivity contribution in [1.29, 1.82) is 0 Å². The molecule has 4 rings (SSSR count). The van der Waals surface area contributed by atoms with Crippen LogP contribution in [-0.4, -0.2) is 41.5 Å². The molecule has 2 N–H and O–H groups in total. The summed E-state index contributed by atoms with van der Waals surface area (Å²) in [4.78, 5) is 29.4. The highest BCUT2D eigenvalue weighted by Gasteiger charge is 2.38. The fourth-order valence-electron chi connectivity index (χ4n) is 3.41. The summed E-state index contributed by atoms with van der Waals surface area (Å²) in [7, 11) is 0.